The Hall–Kier alpha value is -1.14. The van der Waals surface area contributed by atoms with Crippen LogP contribution in [0.4, 0.5) is 0 Å². The second-order valence-corrected chi connectivity index (χ2v) is 13.1. The van der Waals surface area contributed by atoms with E-state index in [0.717, 1.165) is 32.1 Å². The number of carbonyl (C=O) groups excluding carboxylic acids is 2. The van der Waals surface area contributed by atoms with Crippen LogP contribution in [0.1, 0.15) is 92.9 Å². The second kappa shape index (κ2) is 8.22. The summed E-state index contributed by atoms with van der Waals surface area (Å²) in [6.45, 7) is 12.0. The zero-order valence-electron chi connectivity index (χ0n) is 21.4. The number of rotatable bonds is 5. The summed E-state index contributed by atoms with van der Waals surface area (Å²) in [5.74, 6) is 0.526. The largest absolute Gasteiger partial charge is 0.458 e. The smallest absolute Gasteiger partial charge is 0.306 e. The van der Waals surface area contributed by atoms with E-state index >= 15 is 0 Å². The fourth-order valence-corrected chi connectivity index (χ4v) is 9.18. The van der Waals surface area contributed by atoms with Gasteiger partial charge >= 0.3 is 11.9 Å². The van der Waals surface area contributed by atoms with Crippen LogP contribution in [0.5, 0.6) is 0 Å². The Balaban J connectivity index is 1.69. The van der Waals surface area contributed by atoms with E-state index in [1.807, 2.05) is 13.8 Å². The molecule has 6 nitrogen and oxygen atoms in total. The lowest BCUT2D eigenvalue weighted by Gasteiger charge is -2.66. The third-order valence-corrected chi connectivity index (χ3v) is 10.2. The molecule has 6 heteroatoms. The summed E-state index contributed by atoms with van der Waals surface area (Å²) in [6, 6.07) is 0. The van der Waals surface area contributed by atoms with Gasteiger partial charge in [-0.1, -0.05) is 34.6 Å². The molecule has 0 heterocycles. The molecule has 33 heavy (non-hydrogen) atoms. The lowest BCUT2D eigenvalue weighted by Crippen LogP contribution is -2.64. The van der Waals surface area contributed by atoms with Gasteiger partial charge in [-0.25, -0.2) is 0 Å². The molecule has 0 amide bonds. The number of carbonyl (C=O) groups is 2. The predicted octanol–water partition coefficient (Wildman–Crippen LogP) is 4.25. The van der Waals surface area contributed by atoms with Crippen molar-refractivity contribution in [3.8, 4) is 0 Å². The van der Waals surface area contributed by atoms with Crippen molar-refractivity contribution < 1.29 is 29.3 Å². The van der Waals surface area contributed by atoms with Crippen molar-refractivity contribution in [2.45, 2.75) is 111 Å². The maximum atomic E-state index is 12.7. The highest BCUT2D eigenvalue weighted by Crippen LogP contribution is 2.73. The van der Waals surface area contributed by atoms with E-state index in [9.17, 15) is 19.8 Å². The van der Waals surface area contributed by atoms with Crippen LogP contribution >= 0.6 is 0 Å². The van der Waals surface area contributed by atoms with Crippen molar-refractivity contribution in [1.29, 1.82) is 0 Å². The second-order valence-electron chi connectivity index (χ2n) is 13.1. The summed E-state index contributed by atoms with van der Waals surface area (Å²) < 4.78 is 12.0. The van der Waals surface area contributed by atoms with E-state index < -0.39 is 17.8 Å². The Morgan fingerprint density at radius 3 is 2.33 bits per heavy atom. The van der Waals surface area contributed by atoms with Crippen LogP contribution in [0.25, 0.3) is 0 Å². The standard InChI is InChI=1S/C27H44O6/c1-16(2)11-22(30)33-19-13-25(6)20(24(4,5)23(19)32-17(3)29)9-10-26-12-18(7-8-21(25)26)27(31,14-26)15-28/h16,18-21,23,28,31H,7-15H2,1-6H3/t18-,19-,20-,21+,23-,25+,26+,27+/m1/s1. The van der Waals surface area contributed by atoms with Crippen molar-refractivity contribution in [3.63, 3.8) is 0 Å². The Kier molecular flexibility index (Phi) is 6.22. The van der Waals surface area contributed by atoms with Crippen molar-refractivity contribution in [2.75, 3.05) is 6.61 Å². The molecule has 4 saturated carbocycles. The molecule has 2 bridgehead atoms. The molecule has 4 aliphatic rings. The number of ether oxygens (including phenoxy) is 2. The molecule has 188 valence electrons. The number of fused-ring (bicyclic) bond motifs is 3. The van der Waals surface area contributed by atoms with Gasteiger partial charge in [-0.15, -0.1) is 0 Å². The first-order chi connectivity index (χ1) is 15.3. The average molecular weight is 465 g/mol. The Labute approximate surface area is 198 Å². The molecule has 0 unspecified atom stereocenters. The molecule has 0 aromatic heterocycles. The average Bonchev–Trinajstić information content (AvgIpc) is 2.89. The van der Waals surface area contributed by atoms with E-state index in [2.05, 4.69) is 20.8 Å². The highest BCUT2D eigenvalue weighted by Gasteiger charge is 2.69. The molecule has 0 aromatic rings. The minimum absolute atomic E-state index is 0.0302. The lowest BCUT2D eigenvalue weighted by atomic mass is 9.40. The first-order valence-corrected chi connectivity index (χ1v) is 13.0. The monoisotopic (exact) mass is 464 g/mol. The summed E-state index contributed by atoms with van der Waals surface area (Å²) in [6.07, 6.45) is 5.72. The fourth-order valence-electron chi connectivity index (χ4n) is 9.18. The van der Waals surface area contributed by atoms with E-state index in [1.54, 1.807) is 0 Å². The summed E-state index contributed by atoms with van der Waals surface area (Å²) >= 11 is 0. The van der Waals surface area contributed by atoms with Crippen LogP contribution in [-0.2, 0) is 19.1 Å². The van der Waals surface area contributed by atoms with Crippen LogP contribution in [-0.4, -0.2) is 46.6 Å². The maximum Gasteiger partial charge on any atom is 0.306 e. The van der Waals surface area contributed by atoms with Crippen molar-refractivity contribution in [3.05, 3.63) is 0 Å². The maximum absolute atomic E-state index is 12.7. The molecule has 2 N–H and O–H groups in total. The first-order valence-electron chi connectivity index (χ1n) is 13.0. The molecule has 4 aliphatic carbocycles. The SMILES string of the molecule is CC(=O)O[C@@H]1[C@H](OC(=O)CC(C)C)C[C@@]2(C)[C@H](CC[C@@]34C[C@@H](CC[C@H]32)[C@@](O)(CO)C4)C1(C)C. The molecule has 0 saturated heterocycles. The van der Waals surface area contributed by atoms with Gasteiger partial charge in [-0.3, -0.25) is 9.59 Å². The molecule has 8 atom stereocenters. The zero-order valence-corrected chi connectivity index (χ0v) is 21.4. The molecular weight excluding hydrogens is 420 g/mol. The first kappa shape index (κ1) is 25.0. The van der Waals surface area contributed by atoms with Crippen molar-refractivity contribution in [1.82, 2.24) is 0 Å². The summed E-state index contributed by atoms with van der Waals surface area (Å²) in [5.41, 5.74) is -1.37. The summed E-state index contributed by atoms with van der Waals surface area (Å²) in [7, 11) is 0. The Morgan fingerprint density at radius 2 is 1.73 bits per heavy atom. The molecule has 0 aromatic carbocycles. The number of aliphatic hydroxyl groups excluding tert-OH is 1. The minimum Gasteiger partial charge on any atom is -0.458 e. The van der Waals surface area contributed by atoms with E-state index in [4.69, 9.17) is 9.47 Å². The van der Waals surface area contributed by atoms with Crippen LogP contribution in [0.3, 0.4) is 0 Å². The topological polar surface area (TPSA) is 93.1 Å². The number of hydrogen-bond donors (Lipinski definition) is 2. The van der Waals surface area contributed by atoms with Crippen molar-refractivity contribution in [2.24, 2.45) is 39.9 Å². The van der Waals surface area contributed by atoms with Gasteiger partial charge in [0.15, 0.2) is 0 Å². The van der Waals surface area contributed by atoms with Gasteiger partial charge in [0.05, 0.1) is 12.2 Å². The van der Waals surface area contributed by atoms with Gasteiger partial charge in [0.1, 0.15) is 12.2 Å². The summed E-state index contributed by atoms with van der Waals surface area (Å²) in [5, 5.41) is 21.2. The fraction of sp³-hybridized carbons (Fsp3) is 0.926. The molecule has 0 aliphatic heterocycles. The molecule has 0 radical (unpaired) electrons. The minimum atomic E-state index is -0.967. The van der Waals surface area contributed by atoms with Gasteiger partial charge in [-0.05, 0) is 79.4 Å². The van der Waals surface area contributed by atoms with Gasteiger partial charge in [0.25, 0.3) is 0 Å². The van der Waals surface area contributed by atoms with Crippen LogP contribution < -0.4 is 0 Å². The molecule has 4 fully saturated rings. The van der Waals surface area contributed by atoms with Crippen LogP contribution in [0.15, 0.2) is 0 Å². The number of hydrogen-bond acceptors (Lipinski definition) is 6. The van der Waals surface area contributed by atoms with Gasteiger partial charge < -0.3 is 19.7 Å². The van der Waals surface area contributed by atoms with Crippen LogP contribution in [0, 0.1) is 39.9 Å². The number of esters is 2. The van der Waals surface area contributed by atoms with Gasteiger partial charge in [0.2, 0.25) is 0 Å². The van der Waals surface area contributed by atoms with E-state index in [1.165, 1.54) is 6.92 Å². The molecule has 4 rings (SSSR count). The molecular formula is C27H44O6. The Bertz CT molecular complexity index is 791. The van der Waals surface area contributed by atoms with Crippen LogP contribution in [0.2, 0.25) is 0 Å². The van der Waals surface area contributed by atoms with Crippen molar-refractivity contribution >= 4 is 11.9 Å². The highest BCUT2D eigenvalue weighted by molar-refractivity contribution is 5.70. The predicted molar refractivity (Wildman–Crippen MR) is 124 cm³/mol. The van der Waals surface area contributed by atoms with E-state index in [-0.39, 0.29) is 46.6 Å². The third-order valence-electron chi connectivity index (χ3n) is 10.2. The Morgan fingerprint density at radius 1 is 1.03 bits per heavy atom. The quantitative estimate of drug-likeness (QED) is 0.591. The van der Waals surface area contributed by atoms with E-state index in [0.29, 0.717) is 31.1 Å². The highest BCUT2D eigenvalue weighted by atomic mass is 16.6. The van der Waals surface area contributed by atoms with Gasteiger partial charge in [-0.2, -0.15) is 0 Å². The molecule has 1 spiro atoms. The van der Waals surface area contributed by atoms with Gasteiger partial charge in [0, 0.05) is 18.8 Å². The third kappa shape index (κ3) is 3.93. The number of aliphatic hydroxyl groups is 2. The lowest BCUT2D eigenvalue weighted by molar-refractivity contribution is -0.236. The zero-order chi connectivity index (χ0) is 24.4. The normalized spacial score (nSPS) is 45.8. The summed E-state index contributed by atoms with van der Waals surface area (Å²) in [4.78, 5) is 24.8.